The van der Waals surface area contributed by atoms with Crippen LogP contribution in [0.5, 0.6) is 5.88 Å². The standard InChI is InChI=1S/C15H22N4O/c1-11-9-17-15(19-11)18-10-12-5-4-8-16-14(12)20-13-6-2-3-7-13/h4-5,8,11,13H,2-3,6-7,9-10H2,1H3,(H2,17,18,19). The third kappa shape index (κ3) is 3.21. The van der Waals surface area contributed by atoms with Crippen LogP contribution in [0, 0.1) is 0 Å². The third-order valence-electron chi connectivity index (χ3n) is 3.78. The Morgan fingerprint density at radius 2 is 2.25 bits per heavy atom. The van der Waals surface area contributed by atoms with Crippen molar-refractivity contribution in [2.75, 3.05) is 6.54 Å². The van der Waals surface area contributed by atoms with Crippen molar-refractivity contribution in [3.63, 3.8) is 0 Å². The van der Waals surface area contributed by atoms with Crippen molar-refractivity contribution in [3.05, 3.63) is 23.9 Å². The number of rotatable bonds is 4. The van der Waals surface area contributed by atoms with Crippen LogP contribution in [0.4, 0.5) is 0 Å². The topological polar surface area (TPSA) is 58.5 Å². The van der Waals surface area contributed by atoms with Gasteiger partial charge in [0.1, 0.15) is 6.10 Å². The number of hydrogen-bond donors (Lipinski definition) is 2. The zero-order valence-electron chi connectivity index (χ0n) is 11.9. The van der Waals surface area contributed by atoms with Gasteiger partial charge in [-0.15, -0.1) is 0 Å². The average Bonchev–Trinajstić information content (AvgIpc) is 3.10. The number of aliphatic imine (C=N–C) groups is 1. The molecule has 2 N–H and O–H groups in total. The molecule has 20 heavy (non-hydrogen) atoms. The van der Waals surface area contributed by atoms with Gasteiger partial charge in [-0.25, -0.2) is 4.98 Å². The Morgan fingerprint density at radius 3 is 3.00 bits per heavy atom. The van der Waals surface area contributed by atoms with E-state index >= 15 is 0 Å². The van der Waals surface area contributed by atoms with Crippen LogP contribution in [0.15, 0.2) is 23.3 Å². The molecule has 1 fully saturated rings. The van der Waals surface area contributed by atoms with E-state index in [1.165, 1.54) is 12.8 Å². The number of hydrogen-bond acceptors (Lipinski definition) is 5. The van der Waals surface area contributed by atoms with E-state index in [-0.39, 0.29) is 0 Å². The molecule has 1 aliphatic heterocycles. The number of nitrogens with zero attached hydrogens (tertiary/aromatic N) is 2. The molecule has 108 valence electrons. The summed E-state index contributed by atoms with van der Waals surface area (Å²) < 4.78 is 6.03. The van der Waals surface area contributed by atoms with Gasteiger partial charge in [0.2, 0.25) is 5.88 Å². The fraction of sp³-hybridized carbons (Fsp3) is 0.600. The summed E-state index contributed by atoms with van der Waals surface area (Å²) in [4.78, 5) is 8.78. The maximum Gasteiger partial charge on any atom is 0.218 e. The Morgan fingerprint density at radius 1 is 1.40 bits per heavy atom. The molecule has 1 aromatic rings. The van der Waals surface area contributed by atoms with E-state index in [1.54, 1.807) is 6.20 Å². The van der Waals surface area contributed by atoms with Crippen molar-refractivity contribution in [3.8, 4) is 5.88 Å². The summed E-state index contributed by atoms with van der Waals surface area (Å²) >= 11 is 0. The monoisotopic (exact) mass is 274 g/mol. The van der Waals surface area contributed by atoms with Crippen LogP contribution >= 0.6 is 0 Å². The summed E-state index contributed by atoms with van der Waals surface area (Å²) in [5, 5.41) is 6.61. The lowest BCUT2D eigenvalue weighted by atomic mass is 10.2. The minimum atomic E-state index is 0.339. The summed E-state index contributed by atoms with van der Waals surface area (Å²) in [7, 11) is 0. The van der Waals surface area contributed by atoms with Crippen LogP contribution in [0.2, 0.25) is 0 Å². The van der Waals surface area contributed by atoms with Crippen molar-refractivity contribution in [1.82, 2.24) is 15.6 Å². The van der Waals surface area contributed by atoms with Gasteiger partial charge in [0.05, 0.1) is 6.54 Å². The van der Waals surface area contributed by atoms with Crippen LogP contribution in [0.3, 0.4) is 0 Å². The molecule has 0 spiro atoms. The van der Waals surface area contributed by atoms with Gasteiger partial charge in [-0.2, -0.15) is 0 Å². The highest BCUT2D eigenvalue weighted by molar-refractivity contribution is 5.81. The van der Waals surface area contributed by atoms with Crippen molar-refractivity contribution >= 4 is 5.96 Å². The van der Waals surface area contributed by atoms with Crippen LogP contribution in [0.25, 0.3) is 0 Å². The van der Waals surface area contributed by atoms with E-state index in [0.717, 1.165) is 36.8 Å². The molecule has 0 aromatic carbocycles. The molecule has 5 heteroatoms. The molecule has 0 bridgehead atoms. The lowest BCUT2D eigenvalue weighted by molar-refractivity contribution is 0.199. The lowest BCUT2D eigenvalue weighted by Crippen LogP contribution is -2.37. The first kappa shape index (κ1) is 13.2. The van der Waals surface area contributed by atoms with E-state index in [2.05, 4.69) is 33.6 Å². The smallest absolute Gasteiger partial charge is 0.218 e. The highest BCUT2D eigenvalue weighted by Crippen LogP contribution is 2.24. The number of guanidine groups is 1. The zero-order chi connectivity index (χ0) is 13.8. The second-order valence-electron chi connectivity index (χ2n) is 5.58. The van der Waals surface area contributed by atoms with Gasteiger partial charge in [0.15, 0.2) is 5.96 Å². The first-order valence-corrected chi connectivity index (χ1v) is 7.46. The molecule has 1 unspecified atom stereocenters. The van der Waals surface area contributed by atoms with E-state index in [1.807, 2.05) is 6.07 Å². The van der Waals surface area contributed by atoms with Crippen LogP contribution in [-0.2, 0) is 6.54 Å². The predicted molar refractivity (Wildman–Crippen MR) is 78.9 cm³/mol. The van der Waals surface area contributed by atoms with Crippen molar-refractivity contribution in [1.29, 1.82) is 0 Å². The molecule has 0 saturated heterocycles. The second-order valence-corrected chi connectivity index (χ2v) is 5.58. The van der Waals surface area contributed by atoms with Gasteiger partial charge >= 0.3 is 0 Å². The first-order chi connectivity index (χ1) is 9.81. The van der Waals surface area contributed by atoms with Crippen LogP contribution in [0.1, 0.15) is 38.2 Å². The highest BCUT2D eigenvalue weighted by Gasteiger charge is 2.19. The van der Waals surface area contributed by atoms with E-state index in [4.69, 9.17) is 4.74 Å². The molecule has 0 radical (unpaired) electrons. The van der Waals surface area contributed by atoms with Crippen molar-refractivity contribution < 1.29 is 4.74 Å². The summed E-state index contributed by atoms with van der Waals surface area (Å²) in [6.07, 6.45) is 6.96. The SMILES string of the molecule is CC1CN=C(NCc2cccnc2OC2CCCC2)N1. The fourth-order valence-corrected chi connectivity index (χ4v) is 2.67. The molecule has 1 saturated carbocycles. The van der Waals surface area contributed by atoms with Gasteiger partial charge < -0.3 is 15.4 Å². The Balaban J connectivity index is 1.60. The average molecular weight is 274 g/mol. The normalized spacial score (nSPS) is 22.4. The Labute approximate surface area is 119 Å². The van der Waals surface area contributed by atoms with Gasteiger partial charge in [-0.1, -0.05) is 6.07 Å². The van der Waals surface area contributed by atoms with Crippen LogP contribution < -0.4 is 15.4 Å². The molecule has 5 nitrogen and oxygen atoms in total. The van der Waals surface area contributed by atoms with Crippen molar-refractivity contribution in [2.24, 2.45) is 4.99 Å². The number of aromatic nitrogens is 1. The molecule has 1 atom stereocenters. The molecule has 0 amide bonds. The van der Waals surface area contributed by atoms with Crippen molar-refractivity contribution in [2.45, 2.75) is 51.3 Å². The van der Waals surface area contributed by atoms with E-state index in [0.29, 0.717) is 18.7 Å². The Kier molecular flexibility index (Phi) is 4.04. The maximum absolute atomic E-state index is 6.03. The second kappa shape index (κ2) is 6.11. The molecular weight excluding hydrogens is 252 g/mol. The van der Waals surface area contributed by atoms with Gasteiger partial charge in [-0.3, -0.25) is 4.99 Å². The molecular formula is C15H22N4O. The summed E-state index contributed by atoms with van der Waals surface area (Å²) in [5.41, 5.74) is 1.09. The Bertz CT molecular complexity index is 483. The summed E-state index contributed by atoms with van der Waals surface area (Å²) in [6, 6.07) is 4.43. The summed E-state index contributed by atoms with van der Waals surface area (Å²) in [5.74, 6) is 1.63. The largest absolute Gasteiger partial charge is 0.474 e. The van der Waals surface area contributed by atoms with Gasteiger partial charge in [-0.05, 0) is 38.7 Å². The molecule has 3 rings (SSSR count). The van der Waals surface area contributed by atoms with E-state index in [9.17, 15) is 0 Å². The van der Waals surface area contributed by atoms with Gasteiger partial charge in [0, 0.05) is 24.3 Å². The number of pyridine rings is 1. The number of ether oxygens (including phenoxy) is 1. The van der Waals surface area contributed by atoms with Crippen LogP contribution in [-0.4, -0.2) is 29.6 Å². The minimum absolute atomic E-state index is 0.339. The lowest BCUT2D eigenvalue weighted by Gasteiger charge is -2.16. The zero-order valence-corrected chi connectivity index (χ0v) is 11.9. The molecule has 2 aliphatic rings. The minimum Gasteiger partial charge on any atom is -0.474 e. The maximum atomic E-state index is 6.03. The molecule has 1 aromatic heterocycles. The predicted octanol–water partition coefficient (Wildman–Crippen LogP) is 1.84. The van der Waals surface area contributed by atoms with E-state index < -0.39 is 0 Å². The summed E-state index contributed by atoms with van der Waals surface area (Å²) in [6.45, 7) is 3.64. The molecule has 1 aliphatic carbocycles. The fourth-order valence-electron chi connectivity index (χ4n) is 2.67. The Hall–Kier alpha value is -1.78. The molecule has 2 heterocycles. The third-order valence-corrected chi connectivity index (χ3v) is 3.78. The first-order valence-electron chi connectivity index (χ1n) is 7.46. The quantitative estimate of drug-likeness (QED) is 0.879. The number of nitrogens with one attached hydrogen (secondary N) is 2. The van der Waals surface area contributed by atoms with Gasteiger partial charge in [0.25, 0.3) is 0 Å². The highest BCUT2D eigenvalue weighted by atomic mass is 16.5.